The van der Waals surface area contributed by atoms with Gasteiger partial charge in [0.15, 0.2) is 0 Å². The van der Waals surface area contributed by atoms with Crippen LogP contribution in [0.2, 0.25) is 0 Å². The van der Waals surface area contributed by atoms with Crippen molar-refractivity contribution >= 4 is 35.8 Å². The van der Waals surface area contributed by atoms with Crippen molar-refractivity contribution in [2.24, 2.45) is 0 Å². The van der Waals surface area contributed by atoms with Crippen LogP contribution in [0, 0.1) is 0 Å². The molecule has 4 nitrogen and oxygen atoms in total. The molecule has 56 valence electrons. The van der Waals surface area contributed by atoms with Crippen LogP contribution in [0.15, 0.2) is 0 Å². The van der Waals surface area contributed by atoms with Crippen molar-refractivity contribution in [2.45, 2.75) is 13.8 Å². The van der Waals surface area contributed by atoms with Gasteiger partial charge in [0, 0.05) is 33.3 Å². The topological polar surface area (TPSA) is 74.6 Å². The number of carbonyl (C=O) groups is 2. The zero-order valence-corrected chi connectivity index (χ0v) is 13.1. The summed E-state index contributed by atoms with van der Waals surface area (Å²) in [5.41, 5.74) is 0. The third kappa shape index (κ3) is 3460. The summed E-state index contributed by atoms with van der Waals surface area (Å²) in [6.07, 6.45) is 0. The first-order valence-electron chi connectivity index (χ1n) is 1.86. The molecule has 0 saturated carbocycles. The maximum absolute atomic E-state index is 9.00. The van der Waals surface area contributed by atoms with Crippen molar-refractivity contribution < 1.29 is 39.3 Å². The minimum Gasteiger partial charge on any atom is 0 e. The Kier molecular flexibility index (Phi) is 36.3. The molecular weight excluding hydrogens is 296 g/mol. The summed E-state index contributed by atoms with van der Waals surface area (Å²) in [4.78, 5) is 18.0. The molecule has 0 bridgehead atoms. The van der Waals surface area contributed by atoms with E-state index in [0.29, 0.717) is 0 Å². The van der Waals surface area contributed by atoms with Gasteiger partial charge in [-0.2, -0.15) is 0 Å². The fraction of sp³-hybridized carbons (Fsp3) is 0.500. The van der Waals surface area contributed by atoms with Crippen LogP contribution >= 0.6 is 0 Å². The summed E-state index contributed by atoms with van der Waals surface area (Å²) in [5, 5.41) is 14.8. The van der Waals surface area contributed by atoms with E-state index >= 15 is 0 Å². The van der Waals surface area contributed by atoms with Gasteiger partial charge in [-0.05, 0) is 0 Å². The number of rotatable bonds is 0. The maximum Gasteiger partial charge on any atom is 0 e. The molecule has 0 saturated heterocycles. The molecule has 0 fully saturated rings. The molecule has 0 unspecified atom stereocenters. The van der Waals surface area contributed by atoms with Crippen molar-refractivity contribution in [2.75, 3.05) is 0 Å². The van der Waals surface area contributed by atoms with Crippen LogP contribution in [-0.2, 0) is 29.1 Å². The molecule has 2 N–H and O–H groups in total. The minimum absolute atomic E-state index is 0. The molecule has 0 aliphatic rings. The molecular formula is C4H10O4SnZn. The Labute approximate surface area is 88.7 Å². The fourth-order valence-electron chi connectivity index (χ4n) is 0. The summed E-state index contributed by atoms with van der Waals surface area (Å²) >= 11 is 0. The maximum atomic E-state index is 9.00. The summed E-state index contributed by atoms with van der Waals surface area (Å²) in [6.45, 7) is 2.17. The second-order valence-corrected chi connectivity index (χ2v) is 1.04. The van der Waals surface area contributed by atoms with Crippen LogP contribution in [0.3, 0.4) is 0 Å². The first kappa shape index (κ1) is 22.4. The second-order valence-electron chi connectivity index (χ2n) is 1.04. The third-order valence-corrected chi connectivity index (χ3v) is 0. The number of hydrogen-bond acceptors (Lipinski definition) is 2. The molecule has 0 atom stereocenters. The molecule has 6 heteroatoms. The van der Waals surface area contributed by atoms with Crippen molar-refractivity contribution in [1.29, 1.82) is 0 Å². The largest absolute Gasteiger partial charge is 0 e. The summed E-state index contributed by atoms with van der Waals surface area (Å²) in [5.74, 6) is -1.67. The Bertz CT molecular complexity index is 75.3. The van der Waals surface area contributed by atoms with E-state index in [1.54, 1.807) is 0 Å². The van der Waals surface area contributed by atoms with Crippen molar-refractivity contribution in [3.8, 4) is 0 Å². The molecule has 0 amide bonds. The van der Waals surface area contributed by atoms with Gasteiger partial charge in [-0.1, -0.05) is 0 Å². The van der Waals surface area contributed by atoms with E-state index in [4.69, 9.17) is 19.8 Å². The van der Waals surface area contributed by atoms with Crippen LogP contribution in [0.5, 0.6) is 0 Å². The second kappa shape index (κ2) is 16.2. The van der Waals surface area contributed by atoms with E-state index in [0.717, 1.165) is 13.8 Å². The van der Waals surface area contributed by atoms with Gasteiger partial charge in [-0.25, -0.2) is 0 Å². The van der Waals surface area contributed by atoms with E-state index in [2.05, 4.69) is 0 Å². The zero-order chi connectivity index (χ0) is 7.15. The Morgan fingerprint density at radius 1 is 1.00 bits per heavy atom. The Hall–Kier alpha value is 0.362. The quantitative estimate of drug-likeness (QED) is 0.578. The monoisotopic (exact) mass is 306 g/mol. The Morgan fingerprint density at radius 2 is 1.00 bits per heavy atom. The SMILES string of the molecule is CC(=O)O.CC(=O)O.[SnH2].[Zn]. The fourth-order valence-corrected chi connectivity index (χ4v) is 0. The molecule has 0 aliphatic carbocycles. The molecule has 2 radical (unpaired) electrons. The number of hydrogen-bond donors (Lipinski definition) is 2. The summed E-state index contributed by atoms with van der Waals surface area (Å²) in [7, 11) is 0. The number of carboxylic acids is 2. The molecule has 0 spiro atoms. The molecule has 10 heavy (non-hydrogen) atoms. The van der Waals surface area contributed by atoms with Crippen LogP contribution in [0.25, 0.3) is 0 Å². The average molecular weight is 306 g/mol. The normalized spacial score (nSPS) is 5.00. The summed E-state index contributed by atoms with van der Waals surface area (Å²) < 4.78 is 0. The van der Waals surface area contributed by atoms with Gasteiger partial charge in [0.1, 0.15) is 0 Å². The first-order valence-corrected chi connectivity index (χ1v) is 1.86. The van der Waals surface area contributed by atoms with Gasteiger partial charge in [0.25, 0.3) is 11.9 Å². The first-order chi connectivity index (χ1) is 3.46. The average Bonchev–Trinajstić information content (AvgIpc) is 1.25. The van der Waals surface area contributed by atoms with Gasteiger partial charge in [0.2, 0.25) is 0 Å². The van der Waals surface area contributed by atoms with Gasteiger partial charge in [-0.15, -0.1) is 0 Å². The summed E-state index contributed by atoms with van der Waals surface area (Å²) in [6, 6.07) is 0. The molecule has 0 aromatic heterocycles. The number of carboxylic acid groups (broad SMARTS) is 2. The standard InChI is InChI=1S/2C2H4O2.Sn.Zn.2H/c2*1-2(3)4;;;;/h2*1H3,(H,3,4);;;;. The molecule has 0 aromatic carbocycles. The van der Waals surface area contributed by atoms with Crippen molar-refractivity contribution in [3.05, 3.63) is 0 Å². The third-order valence-electron chi connectivity index (χ3n) is 0. The van der Waals surface area contributed by atoms with Gasteiger partial charge >= 0.3 is 23.9 Å². The molecule has 0 rings (SSSR count). The van der Waals surface area contributed by atoms with Crippen molar-refractivity contribution in [3.63, 3.8) is 0 Å². The Balaban J connectivity index is -0.0000000300. The van der Waals surface area contributed by atoms with Crippen LogP contribution in [0.1, 0.15) is 13.8 Å². The van der Waals surface area contributed by atoms with Crippen LogP contribution in [0.4, 0.5) is 0 Å². The van der Waals surface area contributed by atoms with Gasteiger partial charge in [0.05, 0.1) is 0 Å². The smallest absolute Gasteiger partial charge is 0 e. The van der Waals surface area contributed by atoms with Crippen LogP contribution in [-0.4, -0.2) is 46.1 Å². The van der Waals surface area contributed by atoms with E-state index < -0.39 is 11.9 Å². The predicted octanol–water partition coefficient (Wildman–Crippen LogP) is -0.737. The predicted molar refractivity (Wildman–Crippen MR) is 35.2 cm³/mol. The van der Waals surface area contributed by atoms with Crippen LogP contribution < -0.4 is 0 Å². The zero-order valence-electron chi connectivity index (χ0n) is 6.13. The van der Waals surface area contributed by atoms with E-state index in [-0.39, 0.29) is 43.4 Å². The van der Waals surface area contributed by atoms with E-state index in [1.807, 2.05) is 0 Å². The van der Waals surface area contributed by atoms with E-state index in [9.17, 15) is 0 Å². The van der Waals surface area contributed by atoms with Gasteiger partial charge in [-0.3, -0.25) is 9.59 Å². The van der Waals surface area contributed by atoms with E-state index in [1.165, 1.54) is 0 Å². The molecule has 0 heterocycles. The molecule has 0 aliphatic heterocycles. The molecule has 0 aromatic rings. The Morgan fingerprint density at radius 3 is 1.00 bits per heavy atom. The minimum atomic E-state index is -0.833. The van der Waals surface area contributed by atoms with Crippen molar-refractivity contribution in [1.82, 2.24) is 0 Å². The van der Waals surface area contributed by atoms with Gasteiger partial charge < -0.3 is 10.2 Å². The number of aliphatic carboxylic acids is 2.